The minimum absolute atomic E-state index is 0.252. The van der Waals surface area contributed by atoms with Gasteiger partial charge in [0.05, 0.1) is 11.9 Å². The summed E-state index contributed by atoms with van der Waals surface area (Å²) in [6.07, 6.45) is 1.08. The lowest BCUT2D eigenvalue weighted by Gasteiger charge is -2.22. The summed E-state index contributed by atoms with van der Waals surface area (Å²) < 4.78 is 44.3. The Morgan fingerprint density at radius 3 is 2.18 bits per heavy atom. The first-order valence-corrected chi connectivity index (χ1v) is 12.2. The second-order valence-corrected chi connectivity index (χ2v) is 9.78. The van der Waals surface area contributed by atoms with E-state index in [9.17, 15) is 17.6 Å². The van der Waals surface area contributed by atoms with E-state index in [-0.39, 0.29) is 18.9 Å². The molecule has 0 atom stereocenters. The number of ether oxygens (including phenoxy) is 1. The lowest BCUT2D eigenvalue weighted by Crippen LogP contribution is -2.40. The molecule has 1 amide bonds. The number of carbonyl (C=O) groups excluding carboxylic acids is 1. The summed E-state index contributed by atoms with van der Waals surface area (Å²) in [4.78, 5) is 12.5. The van der Waals surface area contributed by atoms with Gasteiger partial charge in [-0.1, -0.05) is 30.3 Å². The highest BCUT2D eigenvalue weighted by Gasteiger charge is 2.21. The molecule has 3 aromatic carbocycles. The molecule has 0 aliphatic carbocycles. The number of benzene rings is 3. The van der Waals surface area contributed by atoms with Crippen LogP contribution in [0.3, 0.4) is 0 Å². The fourth-order valence-electron chi connectivity index (χ4n) is 3.12. The van der Waals surface area contributed by atoms with E-state index in [0.717, 1.165) is 32.8 Å². The zero-order valence-electron chi connectivity index (χ0n) is 18.8. The van der Waals surface area contributed by atoms with E-state index in [1.54, 1.807) is 36.4 Å². The van der Waals surface area contributed by atoms with Crippen LogP contribution in [0.15, 0.2) is 66.7 Å². The molecule has 0 aromatic heterocycles. The molecule has 3 rings (SSSR count). The summed E-state index contributed by atoms with van der Waals surface area (Å²) >= 11 is 0. The van der Waals surface area contributed by atoms with Gasteiger partial charge < -0.3 is 10.1 Å². The van der Waals surface area contributed by atoms with Gasteiger partial charge in [0.1, 0.15) is 24.7 Å². The predicted octanol–water partition coefficient (Wildman–Crippen LogP) is 4.10. The summed E-state index contributed by atoms with van der Waals surface area (Å²) in [7, 11) is -3.63. The summed E-state index contributed by atoms with van der Waals surface area (Å²) in [6.45, 7) is 4.10. The van der Waals surface area contributed by atoms with Crippen molar-refractivity contribution in [3.8, 4) is 5.75 Å². The number of nitrogens with zero attached hydrogens (tertiary/aromatic N) is 1. The van der Waals surface area contributed by atoms with Crippen molar-refractivity contribution >= 4 is 21.6 Å². The van der Waals surface area contributed by atoms with Crippen LogP contribution in [0.25, 0.3) is 0 Å². The first-order chi connectivity index (χ1) is 15.6. The monoisotopic (exact) mass is 470 g/mol. The number of halogens is 1. The topological polar surface area (TPSA) is 75.7 Å². The Bertz CT molecular complexity index is 1210. The van der Waals surface area contributed by atoms with Gasteiger partial charge in [0, 0.05) is 6.54 Å². The van der Waals surface area contributed by atoms with Crippen LogP contribution in [-0.4, -0.2) is 27.1 Å². The maximum atomic E-state index is 13.0. The first-order valence-electron chi connectivity index (χ1n) is 10.4. The van der Waals surface area contributed by atoms with Crippen LogP contribution in [0.4, 0.5) is 10.1 Å². The lowest BCUT2D eigenvalue weighted by atomic mass is 10.1. The van der Waals surface area contributed by atoms with Gasteiger partial charge >= 0.3 is 0 Å². The Kier molecular flexibility index (Phi) is 7.71. The molecule has 0 saturated carbocycles. The van der Waals surface area contributed by atoms with Crippen LogP contribution < -0.4 is 14.4 Å². The van der Waals surface area contributed by atoms with Gasteiger partial charge in [-0.15, -0.1) is 0 Å². The highest BCUT2D eigenvalue weighted by molar-refractivity contribution is 7.92. The van der Waals surface area contributed by atoms with E-state index < -0.39 is 15.9 Å². The third-order valence-electron chi connectivity index (χ3n) is 5.20. The molecule has 33 heavy (non-hydrogen) atoms. The standard InChI is InChI=1S/C25H27FN2O4S/c1-18-4-11-23(14-19(18)2)28(33(3,30)31)16-25(29)27-15-20-7-12-24(13-8-20)32-17-21-5-9-22(26)10-6-21/h4-14H,15-17H2,1-3H3,(H,27,29). The molecule has 1 N–H and O–H groups in total. The first kappa shape index (κ1) is 24.3. The van der Waals surface area contributed by atoms with Crippen LogP contribution in [0.5, 0.6) is 5.75 Å². The van der Waals surface area contributed by atoms with Crippen molar-refractivity contribution < 1.29 is 22.3 Å². The van der Waals surface area contributed by atoms with Crippen molar-refractivity contribution in [3.63, 3.8) is 0 Å². The number of aryl methyl sites for hydroxylation is 2. The number of carbonyl (C=O) groups is 1. The van der Waals surface area contributed by atoms with Gasteiger partial charge in [0.25, 0.3) is 0 Å². The van der Waals surface area contributed by atoms with E-state index in [2.05, 4.69) is 5.32 Å². The minimum Gasteiger partial charge on any atom is -0.489 e. The number of nitrogens with one attached hydrogen (secondary N) is 1. The highest BCUT2D eigenvalue weighted by atomic mass is 32.2. The average Bonchev–Trinajstić information content (AvgIpc) is 2.77. The molecule has 6 nitrogen and oxygen atoms in total. The number of hydrogen-bond donors (Lipinski definition) is 1. The molecule has 0 aliphatic rings. The molecular weight excluding hydrogens is 443 g/mol. The van der Waals surface area contributed by atoms with Crippen LogP contribution in [0.1, 0.15) is 22.3 Å². The van der Waals surface area contributed by atoms with Crippen molar-refractivity contribution in [1.29, 1.82) is 0 Å². The number of sulfonamides is 1. The maximum Gasteiger partial charge on any atom is 0.241 e. The van der Waals surface area contributed by atoms with Crippen molar-refractivity contribution in [2.24, 2.45) is 0 Å². The van der Waals surface area contributed by atoms with Gasteiger partial charge in [-0.25, -0.2) is 12.8 Å². The summed E-state index contributed by atoms with van der Waals surface area (Å²) in [5, 5.41) is 2.76. The van der Waals surface area contributed by atoms with Crippen LogP contribution in [0, 0.1) is 19.7 Å². The number of rotatable bonds is 9. The maximum absolute atomic E-state index is 13.0. The van der Waals surface area contributed by atoms with Crippen LogP contribution in [0.2, 0.25) is 0 Å². The largest absolute Gasteiger partial charge is 0.489 e. The van der Waals surface area contributed by atoms with Crippen LogP contribution in [-0.2, 0) is 28.0 Å². The van der Waals surface area contributed by atoms with Crippen molar-refractivity contribution in [3.05, 3.63) is 94.8 Å². The smallest absolute Gasteiger partial charge is 0.241 e. The SMILES string of the molecule is Cc1ccc(N(CC(=O)NCc2ccc(OCc3ccc(F)cc3)cc2)S(C)(=O)=O)cc1C. The molecular formula is C25H27FN2O4S. The molecule has 0 bridgehead atoms. The van der Waals surface area contributed by atoms with E-state index in [1.807, 2.05) is 32.0 Å². The normalized spacial score (nSPS) is 11.2. The molecule has 0 saturated heterocycles. The second-order valence-electron chi connectivity index (χ2n) is 7.87. The third kappa shape index (κ3) is 7.05. The fraction of sp³-hybridized carbons (Fsp3) is 0.240. The fourth-order valence-corrected chi connectivity index (χ4v) is 3.97. The molecule has 3 aromatic rings. The molecule has 0 fully saturated rings. The zero-order valence-corrected chi connectivity index (χ0v) is 19.7. The lowest BCUT2D eigenvalue weighted by molar-refractivity contribution is -0.119. The summed E-state index contributed by atoms with van der Waals surface area (Å²) in [6, 6.07) is 18.6. The van der Waals surface area contributed by atoms with E-state index in [1.165, 1.54) is 12.1 Å². The third-order valence-corrected chi connectivity index (χ3v) is 6.34. The molecule has 0 unspecified atom stereocenters. The van der Waals surface area contributed by atoms with Gasteiger partial charge in [0.2, 0.25) is 15.9 Å². The Morgan fingerprint density at radius 1 is 0.939 bits per heavy atom. The van der Waals surface area contributed by atoms with Gasteiger partial charge in [-0.05, 0) is 72.5 Å². The molecule has 0 spiro atoms. The van der Waals surface area contributed by atoms with Gasteiger partial charge in [-0.3, -0.25) is 9.10 Å². The molecule has 174 valence electrons. The van der Waals surface area contributed by atoms with Gasteiger partial charge in [-0.2, -0.15) is 0 Å². The second kappa shape index (κ2) is 10.5. The molecule has 0 aliphatic heterocycles. The highest BCUT2D eigenvalue weighted by Crippen LogP contribution is 2.21. The molecule has 0 radical (unpaired) electrons. The summed E-state index contributed by atoms with van der Waals surface area (Å²) in [5.74, 6) is -0.0542. The Morgan fingerprint density at radius 2 is 1.58 bits per heavy atom. The van der Waals surface area contributed by atoms with Gasteiger partial charge in [0.15, 0.2) is 0 Å². The van der Waals surface area contributed by atoms with Crippen molar-refractivity contribution in [2.75, 3.05) is 17.1 Å². The quantitative estimate of drug-likeness (QED) is 0.511. The molecule has 8 heteroatoms. The van der Waals surface area contributed by atoms with E-state index in [4.69, 9.17) is 4.74 Å². The predicted molar refractivity (Wildman–Crippen MR) is 127 cm³/mol. The summed E-state index contributed by atoms with van der Waals surface area (Å²) in [5.41, 5.74) is 4.14. The number of amides is 1. The minimum atomic E-state index is -3.63. The number of hydrogen-bond acceptors (Lipinski definition) is 4. The van der Waals surface area contributed by atoms with E-state index in [0.29, 0.717) is 18.0 Å². The molecule has 0 heterocycles. The Balaban J connectivity index is 1.55. The van der Waals surface area contributed by atoms with Crippen molar-refractivity contribution in [2.45, 2.75) is 27.0 Å². The van der Waals surface area contributed by atoms with Crippen molar-refractivity contribution in [1.82, 2.24) is 5.32 Å². The Hall–Kier alpha value is -3.39. The zero-order chi connectivity index (χ0) is 24.0. The Labute approximate surface area is 194 Å². The average molecular weight is 471 g/mol. The van der Waals surface area contributed by atoms with E-state index >= 15 is 0 Å². The van der Waals surface area contributed by atoms with Crippen LogP contribution >= 0.6 is 0 Å². The number of anilines is 1.